The Bertz CT molecular complexity index is 730. The number of amides is 1. The van der Waals surface area contributed by atoms with Crippen molar-refractivity contribution < 1.29 is 9.53 Å². The zero-order valence-electron chi connectivity index (χ0n) is 16.1. The number of hydrogen-bond donors (Lipinski definition) is 1. The van der Waals surface area contributed by atoms with E-state index < -0.39 is 0 Å². The van der Waals surface area contributed by atoms with Crippen LogP contribution >= 0.6 is 0 Å². The first-order chi connectivity index (χ1) is 13.2. The van der Waals surface area contributed by atoms with Crippen LogP contribution in [0.4, 0.5) is 0 Å². The van der Waals surface area contributed by atoms with Gasteiger partial charge in [0.15, 0.2) is 0 Å². The number of nitrogens with zero attached hydrogens (tertiary/aromatic N) is 3. The molecule has 0 aliphatic carbocycles. The molecule has 1 fully saturated rings. The number of methoxy groups -OCH3 is 1. The molecule has 1 saturated heterocycles. The van der Waals surface area contributed by atoms with E-state index in [1.807, 2.05) is 18.2 Å². The van der Waals surface area contributed by atoms with Gasteiger partial charge in [-0.2, -0.15) is 0 Å². The van der Waals surface area contributed by atoms with E-state index in [4.69, 9.17) is 4.74 Å². The van der Waals surface area contributed by atoms with E-state index in [-0.39, 0.29) is 11.9 Å². The molecule has 2 heterocycles. The van der Waals surface area contributed by atoms with E-state index in [0.717, 1.165) is 44.0 Å². The van der Waals surface area contributed by atoms with Crippen LogP contribution in [0, 0.1) is 0 Å². The van der Waals surface area contributed by atoms with E-state index in [1.165, 1.54) is 0 Å². The normalized spacial score (nSPS) is 16.7. The third-order valence-corrected chi connectivity index (χ3v) is 5.17. The number of carbonyl (C=O) groups excluding carboxylic acids is 1. The number of likely N-dealkylation sites (N-methyl/N-ethyl adjacent to an activating group) is 1. The third kappa shape index (κ3) is 4.84. The highest BCUT2D eigenvalue weighted by Gasteiger charge is 2.27. The molecule has 144 valence electrons. The van der Waals surface area contributed by atoms with Gasteiger partial charge >= 0.3 is 0 Å². The van der Waals surface area contributed by atoms with Gasteiger partial charge in [0.25, 0.3) is 5.91 Å². The summed E-state index contributed by atoms with van der Waals surface area (Å²) in [5.41, 5.74) is 1.68. The lowest BCUT2D eigenvalue weighted by Gasteiger charge is -2.39. The number of hydrogen-bond acceptors (Lipinski definition) is 5. The monoisotopic (exact) mass is 368 g/mol. The summed E-state index contributed by atoms with van der Waals surface area (Å²) in [7, 11) is 1.69. The van der Waals surface area contributed by atoms with Crippen molar-refractivity contribution in [3.63, 3.8) is 0 Å². The van der Waals surface area contributed by atoms with Gasteiger partial charge in [0.1, 0.15) is 5.75 Å². The fourth-order valence-corrected chi connectivity index (χ4v) is 3.56. The lowest BCUT2D eigenvalue weighted by Crippen LogP contribution is -2.49. The molecule has 1 amide bonds. The number of aromatic nitrogens is 1. The standard InChI is InChI=1S/C21H28N4O2/c1-3-24-11-13-25(14-12-24)19(18-8-4-5-9-20(18)27-2)16-23-21(26)17-7-6-10-22-15-17/h4-10,15,19H,3,11-14,16H2,1-2H3,(H,23,26). The molecule has 0 saturated carbocycles. The summed E-state index contributed by atoms with van der Waals surface area (Å²) in [6, 6.07) is 11.7. The van der Waals surface area contributed by atoms with Crippen LogP contribution in [0.15, 0.2) is 48.8 Å². The molecule has 6 heteroatoms. The maximum atomic E-state index is 12.5. The molecule has 1 aliphatic rings. The first-order valence-corrected chi connectivity index (χ1v) is 9.50. The molecule has 3 rings (SSSR count). The Labute approximate surface area is 161 Å². The summed E-state index contributed by atoms with van der Waals surface area (Å²) >= 11 is 0. The minimum absolute atomic E-state index is 0.0702. The second-order valence-electron chi connectivity index (χ2n) is 6.68. The second kappa shape index (κ2) is 9.48. The molecule has 1 N–H and O–H groups in total. The van der Waals surface area contributed by atoms with Gasteiger partial charge < -0.3 is 15.0 Å². The van der Waals surface area contributed by atoms with Gasteiger partial charge in [0, 0.05) is 50.7 Å². The highest BCUT2D eigenvalue weighted by Crippen LogP contribution is 2.29. The van der Waals surface area contributed by atoms with Crippen molar-refractivity contribution in [1.29, 1.82) is 0 Å². The summed E-state index contributed by atoms with van der Waals surface area (Å²) in [5, 5.41) is 3.08. The third-order valence-electron chi connectivity index (χ3n) is 5.17. The van der Waals surface area contributed by atoms with Gasteiger partial charge in [0.2, 0.25) is 0 Å². The molecule has 0 bridgehead atoms. The van der Waals surface area contributed by atoms with Crippen molar-refractivity contribution >= 4 is 5.91 Å². The van der Waals surface area contributed by atoms with Crippen molar-refractivity contribution in [2.75, 3.05) is 46.4 Å². The first kappa shape index (κ1) is 19.3. The SMILES string of the molecule is CCN1CCN(C(CNC(=O)c2cccnc2)c2ccccc2OC)CC1. The van der Waals surface area contributed by atoms with Gasteiger partial charge in [0.05, 0.1) is 18.7 Å². The van der Waals surface area contributed by atoms with Crippen molar-refractivity contribution in [2.45, 2.75) is 13.0 Å². The minimum atomic E-state index is -0.102. The Kier molecular flexibility index (Phi) is 6.79. The number of pyridine rings is 1. The maximum Gasteiger partial charge on any atom is 0.252 e. The average molecular weight is 368 g/mol. The summed E-state index contributed by atoms with van der Waals surface area (Å²) in [4.78, 5) is 21.4. The Morgan fingerprint density at radius 3 is 2.63 bits per heavy atom. The van der Waals surface area contributed by atoms with Crippen molar-refractivity contribution in [1.82, 2.24) is 20.1 Å². The number of benzene rings is 1. The Hall–Kier alpha value is -2.44. The predicted molar refractivity (Wildman–Crippen MR) is 106 cm³/mol. The van der Waals surface area contributed by atoms with Gasteiger partial charge in [-0.25, -0.2) is 0 Å². The fraction of sp³-hybridized carbons (Fsp3) is 0.429. The molecule has 1 aromatic carbocycles. The summed E-state index contributed by atoms with van der Waals surface area (Å²) < 4.78 is 5.59. The van der Waals surface area contributed by atoms with E-state index in [1.54, 1.807) is 31.6 Å². The molecule has 1 atom stereocenters. The molecule has 27 heavy (non-hydrogen) atoms. The van der Waals surface area contributed by atoms with Crippen LogP contribution in [0.2, 0.25) is 0 Å². The van der Waals surface area contributed by atoms with E-state index >= 15 is 0 Å². The largest absolute Gasteiger partial charge is 0.496 e. The molecule has 1 aromatic heterocycles. The molecule has 6 nitrogen and oxygen atoms in total. The quantitative estimate of drug-likeness (QED) is 0.812. The number of piperazine rings is 1. The zero-order chi connectivity index (χ0) is 19.1. The lowest BCUT2D eigenvalue weighted by molar-refractivity contribution is 0.0850. The average Bonchev–Trinajstić information content (AvgIpc) is 2.75. The minimum Gasteiger partial charge on any atom is -0.496 e. The fourth-order valence-electron chi connectivity index (χ4n) is 3.56. The van der Waals surface area contributed by atoms with E-state index in [9.17, 15) is 4.79 Å². The van der Waals surface area contributed by atoms with Crippen molar-refractivity contribution in [2.24, 2.45) is 0 Å². The van der Waals surface area contributed by atoms with Crippen LogP contribution in [-0.4, -0.2) is 67.1 Å². The highest BCUT2D eigenvalue weighted by atomic mass is 16.5. The lowest BCUT2D eigenvalue weighted by atomic mass is 10.0. The predicted octanol–water partition coefficient (Wildman–Crippen LogP) is 2.20. The van der Waals surface area contributed by atoms with Gasteiger partial charge in [-0.05, 0) is 24.7 Å². The smallest absolute Gasteiger partial charge is 0.252 e. The van der Waals surface area contributed by atoms with Crippen LogP contribution in [0.5, 0.6) is 5.75 Å². The topological polar surface area (TPSA) is 57.7 Å². The molecule has 2 aromatic rings. The Balaban J connectivity index is 1.76. The summed E-state index contributed by atoms with van der Waals surface area (Å²) in [6.45, 7) is 7.82. The Morgan fingerprint density at radius 2 is 1.96 bits per heavy atom. The molecule has 1 aliphatic heterocycles. The van der Waals surface area contributed by atoms with E-state index in [2.05, 4.69) is 33.1 Å². The van der Waals surface area contributed by atoms with Crippen molar-refractivity contribution in [3.8, 4) is 5.75 Å². The number of nitrogens with one attached hydrogen (secondary N) is 1. The van der Waals surface area contributed by atoms with Gasteiger partial charge in [-0.3, -0.25) is 14.7 Å². The van der Waals surface area contributed by atoms with Crippen molar-refractivity contribution in [3.05, 3.63) is 59.9 Å². The van der Waals surface area contributed by atoms with Crippen LogP contribution in [0.1, 0.15) is 28.9 Å². The molecular weight excluding hydrogens is 340 g/mol. The van der Waals surface area contributed by atoms with Gasteiger partial charge in [-0.15, -0.1) is 0 Å². The number of rotatable bonds is 7. The van der Waals surface area contributed by atoms with Crippen LogP contribution in [0.25, 0.3) is 0 Å². The second-order valence-corrected chi connectivity index (χ2v) is 6.68. The zero-order valence-corrected chi connectivity index (χ0v) is 16.1. The molecule has 1 unspecified atom stereocenters. The Morgan fingerprint density at radius 1 is 1.19 bits per heavy atom. The van der Waals surface area contributed by atoms with Crippen LogP contribution in [0.3, 0.4) is 0 Å². The summed E-state index contributed by atoms with van der Waals surface area (Å²) in [6.07, 6.45) is 3.26. The molecular formula is C21H28N4O2. The number of ether oxygens (including phenoxy) is 1. The van der Waals surface area contributed by atoms with Crippen LogP contribution in [-0.2, 0) is 0 Å². The van der Waals surface area contributed by atoms with Gasteiger partial charge in [-0.1, -0.05) is 25.1 Å². The van der Waals surface area contributed by atoms with E-state index in [0.29, 0.717) is 12.1 Å². The van der Waals surface area contributed by atoms with Crippen LogP contribution < -0.4 is 10.1 Å². The summed E-state index contributed by atoms with van der Waals surface area (Å²) in [5.74, 6) is 0.756. The molecule has 0 radical (unpaired) electrons. The number of carbonyl (C=O) groups is 1. The highest BCUT2D eigenvalue weighted by molar-refractivity contribution is 5.93. The molecule has 0 spiro atoms. The maximum absolute atomic E-state index is 12.5. The number of para-hydroxylation sites is 1. The first-order valence-electron chi connectivity index (χ1n) is 9.50.